The van der Waals surface area contributed by atoms with Crippen molar-refractivity contribution in [3.05, 3.63) is 52.2 Å². The standard InChI is InChI=1S/C17H17BrN2O/c1-3-20(4-2)17-10-9-16(21-17)11-14(12-19)13-5-7-15(18)8-6-13/h5-11H,3-4H2,1-2H3/b14-11-. The molecular formula is C17H17BrN2O. The molecule has 2 aromatic rings. The smallest absolute Gasteiger partial charge is 0.196 e. The van der Waals surface area contributed by atoms with E-state index in [2.05, 4.69) is 40.7 Å². The van der Waals surface area contributed by atoms with Crippen LogP contribution in [0.1, 0.15) is 25.2 Å². The average molecular weight is 345 g/mol. The third-order valence-electron chi connectivity index (χ3n) is 3.25. The highest BCUT2D eigenvalue weighted by Gasteiger charge is 2.08. The second-order valence-corrected chi connectivity index (χ2v) is 5.44. The number of nitrogens with zero attached hydrogens (tertiary/aromatic N) is 2. The Labute approximate surface area is 133 Å². The molecule has 108 valence electrons. The van der Waals surface area contributed by atoms with E-state index in [9.17, 15) is 5.26 Å². The van der Waals surface area contributed by atoms with Gasteiger partial charge in [-0.15, -0.1) is 0 Å². The van der Waals surface area contributed by atoms with Gasteiger partial charge in [-0.2, -0.15) is 5.26 Å². The molecule has 2 rings (SSSR count). The van der Waals surface area contributed by atoms with Crippen molar-refractivity contribution >= 4 is 33.5 Å². The molecule has 4 heteroatoms. The topological polar surface area (TPSA) is 40.2 Å². The predicted octanol–water partition coefficient (Wildman–Crippen LogP) is 4.95. The molecule has 0 amide bonds. The first-order valence-electron chi connectivity index (χ1n) is 6.90. The molecule has 0 bridgehead atoms. The molecule has 0 spiro atoms. The average Bonchev–Trinajstić information content (AvgIpc) is 2.96. The number of hydrogen-bond acceptors (Lipinski definition) is 3. The van der Waals surface area contributed by atoms with Crippen LogP contribution < -0.4 is 4.90 Å². The molecule has 0 atom stereocenters. The van der Waals surface area contributed by atoms with Crippen LogP contribution in [0.2, 0.25) is 0 Å². The van der Waals surface area contributed by atoms with Gasteiger partial charge in [0.05, 0.1) is 11.6 Å². The Kier molecular flexibility index (Phi) is 5.24. The lowest BCUT2D eigenvalue weighted by atomic mass is 10.1. The molecule has 0 unspecified atom stereocenters. The fraction of sp³-hybridized carbons (Fsp3) is 0.235. The van der Waals surface area contributed by atoms with Crippen LogP contribution >= 0.6 is 15.9 Å². The maximum absolute atomic E-state index is 9.34. The third-order valence-corrected chi connectivity index (χ3v) is 3.78. The van der Waals surface area contributed by atoms with Crippen molar-refractivity contribution in [1.82, 2.24) is 0 Å². The molecule has 1 aromatic carbocycles. The molecule has 1 aromatic heterocycles. The van der Waals surface area contributed by atoms with Crippen LogP contribution in [0.15, 0.2) is 45.3 Å². The van der Waals surface area contributed by atoms with Gasteiger partial charge in [0, 0.05) is 23.6 Å². The Morgan fingerprint density at radius 3 is 2.43 bits per heavy atom. The normalized spacial score (nSPS) is 11.2. The van der Waals surface area contributed by atoms with Crippen molar-refractivity contribution in [2.24, 2.45) is 0 Å². The number of allylic oxidation sites excluding steroid dienone is 1. The van der Waals surface area contributed by atoms with Crippen molar-refractivity contribution in [3.63, 3.8) is 0 Å². The number of hydrogen-bond donors (Lipinski definition) is 0. The Balaban J connectivity index is 2.29. The van der Waals surface area contributed by atoms with Crippen LogP contribution in [-0.2, 0) is 0 Å². The van der Waals surface area contributed by atoms with Crippen LogP contribution in [0.3, 0.4) is 0 Å². The van der Waals surface area contributed by atoms with E-state index < -0.39 is 0 Å². The fourth-order valence-electron chi connectivity index (χ4n) is 2.08. The van der Waals surface area contributed by atoms with E-state index >= 15 is 0 Å². The lowest BCUT2D eigenvalue weighted by Gasteiger charge is -2.16. The zero-order valence-electron chi connectivity index (χ0n) is 12.1. The highest BCUT2D eigenvalue weighted by atomic mass is 79.9. The summed E-state index contributed by atoms with van der Waals surface area (Å²) in [6.45, 7) is 5.96. The van der Waals surface area contributed by atoms with Crippen molar-refractivity contribution in [3.8, 4) is 6.07 Å². The van der Waals surface area contributed by atoms with Crippen molar-refractivity contribution in [2.45, 2.75) is 13.8 Å². The van der Waals surface area contributed by atoms with Crippen LogP contribution in [0, 0.1) is 11.3 Å². The Hall–Kier alpha value is -1.99. The molecule has 21 heavy (non-hydrogen) atoms. The molecule has 3 nitrogen and oxygen atoms in total. The summed E-state index contributed by atoms with van der Waals surface area (Å²) in [5, 5.41) is 9.34. The molecule has 0 saturated carbocycles. The van der Waals surface area contributed by atoms with Crippen molar-refractivity contribution < 1.29 is 4.42 Å². The van der Waals surface area contributed by atoms with Gasteiger partial charge in [0.1, 0.15) is 5.76 Å². The van der Waals surface area contributed by atoms with Crippen LogP contribution in [0.4, 0.5) is 5.88 Å². The van der Waals surface area contributed by atoms with Gasteiger partial charge >= 0.3 is 0 Å². The molecular weight excluding hydrogens is 328 g/mol. The number of benzene rings is 1. The first-order chi connectivity index (χ1) is 10.2. The molecule has 1 heterocycles. The van der Waals surface area contributed by atoms with Gasteiger partial charge in [-0.1, -0.05) is 28.1 Å². The summed E-state index contributed by atoms with van der Waals surface area (Å²) >= 11 is 3.39. The summed E-state index contributed by atoms with van der Waals surface area (Å²) in [5.41, 5.74) is 1.46. The number of nitriles is 1. The highest BCUT2D eigenvalue weighted by molar-refractivity contribution is 9.10. The summed E-state index contributed by atoms with van der Waals surface area (Å²) in [4.78, 5) is 2.13. The Morgan fingerprint density at radius 2 is 1.86 bits per heavy atom. The van der Waals surface area contributed by atoms with Gasteiger partial charge in [-0.25, -0.2) is 0 Å². The molecule has 0 N–H and O–H groups in total. The second kappa shape index (κ2) is 7.14. The number of anilines is 1. The minimum absolute atomic E-state index is 0.586. The zero-order chi connectivity index (χ0) is 15.2. The van der Waals surface area contributed by atoms with Gasteiger partial charge in [0.2, 0.25) is 0 Å². The summed E-state index contributed by atoms with van der Waals surface area (Å²) in [6.07, 6.45) is 1.77. The highest BCUT2D eigenvalue weighted by Crippen LogP contribution is 2.24. The lowest BCUT2D eigenvalue weighted by molar-refractivity contribution is 0.541. The van der Waals surface area contributed by atoms with Crippen LogP contribution in [-0.4, -0.2) is 13.1 Å². The van der Waals surface area contributed by atoms with E-state index in [1.54, 1.807) is 6.08 Å². The summed E-state index contributed by atoms with van der Waals surface area (Å²) in [7, 11) is 0. The van der Waals surface area contributed by atoms with Gasteiger partial charge in [0.15, 0.2) is 5.88 Å². The minimum Gasteiger partial charge on any atom is -0.441 e. The maximum Gasteiger partial charge on any atom is 0.196 e. The molecule has 0 aliphatic rings. The summed E-state index contributed by atoms with van der Waals surface area (Å²) in [5.74, 6) is 1.52. The van der Waals surface area contributed by atoms with E-state index in [-0.39, 0.29) is 0 Å². The van der Waals surface area contributed by atoms with E-state index in [1.807, 2.05) is 36.4 Å². The first kappa shape index (κ1) is 15.4. The van der Waals surface area contributed by atoms with Crippen LogP contribution in [0.5, 0.6) is 0 Å². The minimum atomic E-state index is 0.586. The summed E-state index contributed by atoms with van der Waals surface area (Å²) < 4.78 is 6.79. The number of halogens is 1. The largest absolute Gasteiger partial charge is 0.441 e. The SMILES string of the molecule is CCN(CC)c1ccc(/C=C(/C#N)c2ccc(Br)cc2)o1. The second-order valence-electron chi connectivity index (χ2n) is 4.53. The van der Waals surface area contributed by atoms with Gasteiger partial charge in [-0.3, -0.25) is 0 Å². The van der Waals surface area contributed by atoms with Gasteiger partial charge < -0.3 is 9.32 Å². The summed E-state index contributed by atoms with van der Waals surface area (Å²) in [6, 6.07) is 13.7. The Morgan fingerprint density at radius 1 is 1.19 bits per heavy atom. The van der Waals surface area contributed by atoms with E-state index in [0.29, 0.717) is 11.3 Å². The lowest BCUT2D eigenvalue weighted by Crippen LogP contribution is -2.20. The maximum atomic E-state index is 9.34. The predicted molar refractivity (Wildman–Crippen MR) is 89.9 cm³/mol. The molecule has 0 fully saturated rings. The first-order valence-corrected chi connectivity index (χ1v) is 7.69. The van der Waals surface area contributed by atoms with E-state index in [0.717, 1.165) is 29.0 Å². The fourth-order valence-corrected chi connectivity index (χ4v) is 2.34. The Bertz CT molecular complexity index is 661. The number of rotatable bonds is 5. The number of furan rings is 1. The van der Waals surface area contributed by atoms with Gasteiger partial charge in [-0.05, 0) is 43.7 Å². The molecule has 0 aliphatic heterocycles. The van der Waals surface area contributed by atoms with Crippen molar-refractivity contribution in [2.75, 3.05) is 18.0 Å². The molecule has 0 aliphatic carbocycles. The molecule has 0 saturated heterocycles. The van der Waals surface area contributed by atoms with Crippen LogP contribution in [0.25, 0.3) is 11.6 Å². The van der Waals surface area contributed by atoms with Crippen molar-refractivity contribution in [1.29, 1.82) is 5.26 Å². The van der Waals surface area contributed by atoms with Gasteiger partial charge in [0.25, 0.3) is 0 Å². The quantitative estimate of drug-likeness (QED) is 0.720. The zero-order valence-corrected chi connectivity index (χ0v) is 13.7. The van der Waals surface area contributed by atoms with E-state index in [1.165, 1.54) is 0 Å². The van der Waals surface area contributed by atoms with E-state index in [4.69, 9.17) is 4.42 Å². The third kappa shape index (κ3) is 3.77. The monoisotopic (exact) mass is 344 g/mol. The molecule has 0 radical (unpaired) electrons.